The average Bonchev–Trinajstić information content (AvgIpc) is 2.28. The van der Waals surface area contributed by atoms with E-state index in [2.05, 4.69) is 0 Å². The molecule has 1 atom stereocenters. The highest BCUT2D eigenvalue weighted by atomic mass is 32.2. The molecule has 0 aliphatic carbocycles. The van der Waals surface area contributed by atoms with Gasteiger partial charge in [0.05, 0.1) is 12.2 Å². The normalized spacial score (nSPS) is 14.1. The Hall–Kier alpha value is -0.930. The lowest BCUT2D eigenvalue weighted by molar-refractivity contribution is -0.137. The van der Waals surface area contributed by atoms with Crippen LogP contribution in [0, 0.1) is 0 Å². The topological polar surface area (TPSA) is 72.2 Å². The molecule has 1 aromatic carbocycles. The molecule has 120 valence electrons. The van der Waals surface area contributed by atoms with Crippen molar-refractivity contribution in [3.05, 3.63) is 24.3 Å². The Morgan fingerprint density at radius 3 is 2.38 bits per heavy atom. The molecule has 1 unspecified atom stereocenters. The number of hydrogen-bond donors (Lipinski definition) is 2. The molecule has 0 amide bonds. The van der Waals surface area contributed by atoms with Gasteiger partial charge in [-0.3, -0.25) is 0 Å². The van der Waals surface area contributed by atoms with Gasteiger partial charge in [-0.2, -0.15) is 13.2 Å². The summed E-state index contributed by atoms with van der Waals surface area (Å²) in [7, 11) is -3.73. The highest BCUT2D eigenvalue weighted by Gasteiger charge is 2.31. The zero-order valence-corrected chi connectivity index (χ0v) is 13.0. The Morgan fingerprint density at radius 1 is 1.29 bits per heavy atom. The van der Waals surface area contributed by atoms with Gasteiger partial charge in [0, 0.05) is 22.4 Å². The second-order valence-electron chi connectivity index (χ2n) is 4.57. The Labute approximate surface area is 126 Å². The smallest absolute Gasteiger partial charge is 0.390 e. The standard InChI is InChI=1S/C12H17F3N2O2S2/c1-9(8-12(13,14)15)17-21(18,19)7-6-20-11-4-2-10(16)3-5-11/h2-5,9,17H,6-8,16H2,1H3. The zero-order chi connectivity index (χ0) is 16.1. The number of anilines is 1. The van der Waals surface area contributed by atoms with Gasteiger partial charge in [0.25, 0.3) is 0 Å². The number of halogens is 3. The van der Waals surface area contributed by atoms with Crippen LogP contribution in [-0.4, -0.2) is 32.1 Å². The molecule has 3 N–H and O–H groups in total. The molecular weight excluding hydrogens is 325 g/mol. The lowest BCUT2D eigenvalue weighted by Gasteiger charge is -2.15. The van der Waals surface area contributed by atoms with Crippen molar-refractivity contribution in [1.82, 2.24) is 4.72 Å². The van der Waals surface area contributed by atoms with Crippen LogP contribution in [0.4, 0.5) is 18.9 Å². The summed E-state index contributed by atoms with van der Waals surface area (Å²) in [6.45, 7) is 1.19. The molecule has 0 heterocycles. The van der Waals surface area contributed by atoms with Crippen LogP contribution >= 0.6 is 11.8 Å². The molecular formula is C12H17F3N2O2S2. The first-order chi connectivity index (χ1) is 9.57. The van der Waals surface area contributed by atoms with Gasteiger partial charge >= 0.3 is 6.18 Å². The zero-order valence-electron chi connectivity index (χ0n) is 11.4. The third-order valence-corrected chi connectivity index (χ3v) is 5.19. The van der Waals surface area contributed by atoms with Gasteiger partial charge in [-0.15, -0.1) is 11.8 Å². The van der Waals surface area contributed by atoms with Crippen LogP contribution in [0.2, 0.25) is 0 Å². The number of nitrogens with one attached hydrogen (secondary N) is 1. The number of rotatable bonds is 7. The first-order valence-electron chi connectivity index (χ1n) is 6.12. The molecule has 0 aliphatic heterocycles. The van der Waals surface area contributed by atoms with Crippen molar-refractivity contribution in [3.8, 4) is 0 Å². The second-order valence-corrected chi connectivity index (χ2v) is 7.62. The molecule has 21 heavy (non-hydrogen) atoms. The summed E-state index contributed by atoms with van der Waals surface area (Å²) in [6.07, 6.45) is -5.57. The molecule has 0 saturated heterocycles. The first-order valence-corrected chi connectivity index (χ1v) is 8.76. The number of alkyl halides is 3. The Bertz CT molecular complexity index is 545. The van der Waals surface area contributed by atoms with E-state index in [0.717, 1.165) is 4.90 Å². The molecule has 0 saturated carbocycles. The average molecular weight is 342 g/mol. The molecule has 0 radical (unpaired) electrons. The van der Waals surface area contributed by atoms with Crippen molar-refractivity contribution in [1.29, 1.82) is 0 Å². The summed E-state index contributed by atoms with van der Waals surface area (Å²) in [6, 6.07) is 5.73. The van der Waals surface area contributed by atoms with Crippen LogP contribution in [0.5, 0.6) is 0 Å². The minimum atomic E-state index is -4.39. The predicted octanol–water partition coefficient (Wildman–Crippen LogP) is 2.62. The van der Waals surface area contributed by atoms with E-state index >= 15 is 0 Å². The Balaban J connectivity index is 2.41. The maximum Gasteiger partial charge on any atom is 0.390 e. The van der Waals surface area contributed by atoms with Crippen molar-refractivity contribution in [2.24, 2.45) is 0 Å². The number of benzene rings is 1. The van der Waals surface area contributed by atoms with Crippen LogP contribution in [0.1, 0.15) is 13.3 Å². The fourth-order valence-electron chi connectivity index (χ4n) is 1.59. The number of thioether (sulfide) groups is 1. The molecule has 4 nitrogen and oxygen atoms in total. The van der Waals surface area contributed by atoms with Crippen molar-refractivity contribution >= 4 is 27.5 Å². The number of hydrogen-bond acceptors (Lipinski definition) is 4. The summed E-state index contributed by atoms with van der Waals surface area (Å²) in [5.41, 5.74) is 6.13. The van der Waals surface area contributed by atoms with Crippen LogP contribution < -0.4 is 10.5 Å². The van der Waals surface area contributed by atoms with E-state index in [1.54, 1.807) is 24.3 Å². The summed E-state index contributed by atoms with van der Waals surface area (Å²) in [4.78, 5) is 0.850. The van der Waals surface area contributed by atoms with Gasteiger partial charge in [-0.1, -0.05) is 0 Å². The van der Waals surface area contributed by atoms with E-state index < -0.39 is 28.7 Å². The molecule has 0 spiro atoms. The van der Waals surface area contributed by atoms with Crippen LogP contribution in [-0.2, 0) is 10.0 Å². The van der Waals surface area contributed by atoms with Crippen LogP contribution in [0.3, 0.4) is 0 Å². The van der Waals surface area contributed by atoms with E-state index in [0.29, 0.717) is 5.69 Å². The minimum Gasteiger partial charge on any atom is -0.399 e. The van der Waals surface area contributed by atoms with Crippen molar-refractivity contribution in [3.63, 3.8) is 0 Å². The second kappa shape index (κ2) is 7.37. The van der Waals surface area contributed by atoms with Gasteiger partial charge in [-0.25, -0.2) is 13.1 Å². The van der Waals surface area contributed by atoms with Crippen molar-refractivity contribution in [2.75, 3.05) is 17.2 Å². The third-order valence-electron chi connectivity index (χ3n) is 2.42. The van der Waals surface area contributed by atoms with E-state index in [4.69, 9.17) is 5.73 Å². The van der Waals surface area contributed by atoms with E-state index in [9.17, 15) is 21.6 Å². The molecule has 0 aliphatic rings. The lowest BCUT2D eigenvalue weighted by atomic mass is 10.2. The predicted molar refractivity (Wildman–Crippen MR) is 78.6 cm³/mol. The highest BCUT2D eigenvalue weighted by Crippen LogP contribution is 2.22. The third kappa shape index (κ3) is 8.18. The van der Waals surface area contributed by atoms with Gasteiger partial charge in [0.2, 0.25) is 10.0 Å². The fraction of sp³-hybridized carbons (Fsp3) is 0.500. The SMILES string of the molecule is CC(CC(F)(F)F)NS(=O)(=O)CCSc1ccc(N)cc1. The molecule has 0 fully saturated rings. The van der Waals surface area contributed by atoms with Crippen LogP contribution in [0.25, 0.3) is 0 Å². The summed E-state index contributed by atoms with van der Waals surface area (Å²) < 4.78 is 61.8. The monoisotopic (exact) mass is 342 g/mol. The summed E-state index contributed by atoms with van der Waals surface area (Å²) in [5, 5.41) is 0. The maximum absolute atomic E-state index is 12.1. The van der Waals surface area contributed by atoms with Gasteiger partial charge in [0.1, 0.15) is 0 Å². The maximum atomic E-state index is 12.1. The van der Waals surface area contributed by atoms with E-state index in [-0.39, 0.29) is 11.5 Å². The van der Waals surface area contributed by atoms with E-state index in [1.165, 1.54) is 18.7 Å². The number of nitrogen functional groups attached to an aromatic ring is 1. The van der Waals surface area contributed by atoms with E-state index in [1.807, 2.05) is 4.72 Å². The molecule has 0 aromatic heterocycles. The van der Waals surface area contributed by atoms with Gasteiger partial charge in [0.15, 0.2) is 0 Å². The van der Waals surface area contributed by atoms with Gasteiger partial charge in [-0.05, 0) is 31.2 Å². The fourth-order valence-corrected chi connectivity index (χ4v) is 4.18. The molecule has 1 rings (SSSR count). The van der Waals surface area contributed by atoms with Crippen molar-refractivity contribution < 1.29 is 21.6 Å². The first kappa shape index (κ1) is 18.1. The molecule has 1 aromatic rings. The largest absolute Gasteiger partial charge is 0.399 e. The lowest BCUT2D eigenvalue weighted by Crippen LogP contribution is -2.37. The number of sulfonamides is 1. The van der Waals surface area contributed by atoms with Gasteiger partial charge < -0.3 is 5.73 Å². The Kier molecular flexibility index (Phi) is 6.36. The highest BCUT2D eigenvalue weighted by molar-refractivity contribution is 8.00. The molecule has 0 bridgehead atoms. The van der Waals surface area contributed by atoms with Crippen molar-refractivity contribution in [2.45, 2.75) is 30.5 Å². The minimum absolute atomic E-state index is 0.246. The molecule has 9 heteroatoms. The Morgan fingerprint density at radius 2 is 1.86 bits per heavy atom. The summed E-state index contributed by atoms with van der Waals surface area (Å²) in [5.74, 6) is 0.00221. The quantitative estimate of drug-likeness (QED) is 0.590. The van der Waals surface area contributed by atoms with Crippen LogP contribution in [0.15, 0.2) is 29.2 Å². The number of nitrogens with two attached hydrogens (primary N) is 1. The summed E-state index contributed by atoms with van der Waals surface area (Å²) >= 11 is 1.30.